The summed E-state index contributed by atoms with van der Waals surface area (Å²) in [5.74, 6) is 0. The molecule has 0 aliphatic carbocycles. The zero-order valence-electron chi connectivity index (χ0n) is 7.12. The van der Waals surface area contributed by atoms with Crippen LogP contribution in [0.15, 0.2) is 12.7 Å². The van der Waals surface area contributed by atoms with Crippen LogP contribution in [-0.2, 0) is 14.6 Å². The Morgan fingerprint density at radius 2 is 2.00 bits per heavy atom. The Morgan fingerprint density at radius 1 is 1.55 bits per heavy atom. The van der Waals surface area contributed by atoms with Gasteiger partial charge < -0.3 is 4.74 Å². The number of hydrogen-bond donors (Lipinski definition) is 0. The first kappa shape index (κ1) is 10.7. The molecule has 4 heteroatoms. The maximum atomic E-state index is 11.0. The van der Waals surface area contributed by atoms with E-state index < -0.39 is 14.8 Å². The zero-order chi connectivity index (χ0) is 9.12. The molecule has 0 aromatic carbocycles. The molecule has 0 heterocycles. The normalized spacial score (nSPS) is 13.0. The molecular weight excluding hydrogens is 164 g/mol. The van der Waals surface area contributed by atoms with Crippen LogP contribution in [0.4, 0.5) is 0 Å². The van der Waals surface area contributed by atoms with Crippen molar-refractivity contribution in [2.45, 2.75) is 18.8 Å². The van der Waals surface area contributed by atoms with E-state index in [2.05, 4.69) is 6.58 Å². The summed E-state index contributed by atoms with van der Waals surface area (Å²) < 4.78 is 27.0. The zero-order valence-corrected chi connectivity index (χ0v) is 7.94. The first-order chi connectivity index (χ1) is 4.81. The first-order valence-electron chi connectivity index (χ1n) is 3.26. The second kappa shape index (κ2) is 3.36. The highest BCUT2D eigenvalue weighted by Crippen LogP contribution is 2.15. The van der Waals surface area contributed by atoms with Gasteiger partial charge in [-0.2, -0.15) is 0 Å². The predicted octanol–water partition coefficient (Wildman–Crippen LogP) is 0.970. The maximum Gasteiger partial charge on any atom is 0.176 e. The summed E-state index contributed by atoms with van der Waals surface area (Å²) in [6, 6.07) is 0. The molecule has 0 aliphatic rings. The van der Waals surface area contributed by atoms with Crippen LogP contribution in [0.1, 0.15) is 13.8 Å². The van der Waals surface area contributed by atoms with Crippen LogP contribution in [0.3, 0.4) is 0 Å². The summed E-state index contributed by atoms with van der Waals surface area (Å²) in [6.07, 6.45) is 2.67. The van der Waals surface area contributed by atoms with Crippen LogP contribution in [-0.4, -0.2) is 26.2 Å². The second-order valence-corrected chi connectivity index (χ2v) is 5.30. The van der Waals surface area contributed by atoms with Gasteiger partial charge in [0.25, 0.3) is 0 Å². The van der Waals surface area contributed by atoms with E-state index in [1.165, 1.54) is 19.9 Å². The van der Waals surface area contributed by atoms with Crippen molar-refractivity contribution >= 4 is 9.84 Å². The largest absolute Gasteiger partial charge is 0.356 e. The Morgan fingerprint density at radius 3 is 2.27 bits per heavy atom. The lowest BCUT2D eigenvalue weighted by molar-refractivity contribution is 0.0658. The molecule has 0 radical (unpaired) electrons. The maximum absolute atomic E-state index is 11.0. The van der Waals surface area contributed by atoms with Gasteiger partial charge in [-0.25, -0.2) is 8.42 Å². The molecule has 0 spiro atoms. The van der Waals surface area contributed by atoms with Crippen LogP contribution in [0.2, 0.25) is 0 Å². The number of ether oxygens (including phenoxy) is 1. The summed E-state index contributed by atoms with van der Waals surface area (Å²) in [7, 11) is -3.14. The summed E-state index contributed by atoms with van der Waals surface area (Å²) in [4.78, 5) is -1.11. The van der Waals surface area contributed by atoms with Crippen LogP contribution >= 0.6 is 0 Å². The standard InChI is InChI=1S/C7H14O3S/c1-5-6-10-7(2,3)11(4,8)9/h5H,1,6H2,2-4H3. The van der Waals surface area contributed by atoms with Crippen LogP contribution in [0.25, 0.3) is 0 Å². The molecule has 0 fully saturated rings. The minimum atomic E-state index is -3.14. The lowest BCUT2D eigenvalue weighted by Crippen LogP contribution is -2.34. The summed E-state index contributed by atoms with van der Waals surface area (Å²) in [5.41, 5.74) is 0. The van der Waals surface area contributed by atoms with E-state index in [-0.39, 0.29) is 6.61 Å². The van der Waals surface area contributed by atoms with Gasteiger partial charge in [0.15, 0.2) is 14.8 Å². The summed E-state index contributed by atoms with van der Waals surface area (Å²) in [5, 5.41) is 0. The highest BCUT2D eigenvalue weighted by molar-refractivity contribution is 7.91. The molecule has 0 atom stereocenters. The van der Waals surface area contributed by atoms with Gasteiger partial charge in [-0.05, 0) is 13.8 Å². The van der Waals surface area contributed by atoms with E-state index in [0.29, 0.717) is 0 Å². The Balaban J connectivity index is 4.35. The van der Waals surface area contributed by atoms with Crippen molar-refractivity contribution in [2.24, 2.45) is 0 Å². The Bertz CT molecular complexity index is 226. The van der Waals surface area contributed by atoms with Crippen molar-refractivity contribution in [3.05, 3.63) is 12.7 Å². The van der Waals surface area contributed by atoms with Crippen molar-refractivity contribution in [1.82, 2.24) is 0 Å². The summed E-state index contributed by atoms with van der Waals surface area (Å²) in [6.45, 7) is 6.72. The third-order valence-electron chi connectivity index (χ3n) is 1.44. The number of rotatable bonds is 4. The molecule has 3 nitrogen and oxygen atoms in total. The fourth-order valence-electron chi connectivity index (χ4n) is 0.367. The smallest absolute Gasteiger partial charge is 0.176 e. The molecule has 0 unspecified atom stereocenters. The molecule has 0 aromatic heterocycles. The molecule has 0 aliphatic heterocycles. The van der Waals surface area contributed by atoms with E-state index in [1.807, 2.05) is 0 Å². The van der Waals surface area contributed by atoms with Gasteiger partial charge in [-0.3, -0.25) is 0 Å². The molecule has 0 saturated carbocycles. The fraction of sp³-hybridized carbons (Fsp3) is 0.714. The highest BCUT2D eigenvalue weighted by atomic mass is 32.2. The van der Waals surface area contributed by atoms with E-state index >= 15 is 0 Å². The Hall–Kier alpha value is -0.350. The van der Waals surface area contributed by atoms with Gasteiger partial charge in [0.05, 0.1) is 6.61 Å². The lowest BCUT2D eigenvalue weighted by atomic mass is 10.4. The lowest BCUT2D eigenvalue weighted by Gasteiger charge is -2.21. The molecule has 0 saturated heterocycles. The van der Waals surface area contributed by atoms with Gasteiger partial charge in [0.1, 0.15) is 0 Å². The van der Waals surface area contributed by atoms with Gasteiger partial charge >= 0.3 is 0 Å². The second-order valence-electron chi connectivity index (χ2n) is 2.77. The molecule has 11 heavy (non-hydrogen) atoms. The molecule has 0 amide bonds. The van der Waals surface area contributed by atoms with Crippen LogP contribution in [0, 0.1) is 0 Å². The van der Waals surface area contributed by atoms with Crippen LogP contribution < -0.4 is 0 Å². The Kier molecular flexibility index (Phi) is 3.26. The highest BCUT2D eigenvalue weighted by Gasteiger charge is 2.30. The monoisotopic (exact) mass is 178 g/mol. The van der Waals surface area contributed by atoms with Crippen molar-refractivity contribution in [2.75, 3.05) is 12.9 Å². The van der Waals surface area contributed by atoms with Crippen molar-refractivity contribution < 1.29 is 13.2 Å². The van der Waals surface area contributed by atoms with Crippen molar-refractivity contribution in [1.29, 1.82) is 0 Å². The van der Waals surface area contributed by atoms with E-state index in [1.54, 1.807) is 0 Å². The number of hydrogen-bond acceptors (Lipinski definition) is 3. The minimum Gasteiger partial charge on any atom is -0.356 e. The SMILES string of the molecule is C=CCOC(C)(C)S(C)(=O)=O. The van der Waals surface area contributed by atoms with Gasteiger partial charge in [-0.15, -0.1) is 6.58 Å². The fourth-order valence-corrected chi connectivity index (χ4v) is 0.649. The summed E-state index contributed by atoms with van der Waals surface area (Å²) >= 11 is 0. The average Bonchev–Trinajstić information content (AvgIpc) is 1.81. The topological polar surface area (TPSA) is 43.4 Å². The van der Waals surface area contributed by atoms with Gasteiger partial charge in [0.2, 0.25) is 0 Å². The van der Waals surface area contributed by atoms with Gasteiger partial charge in [-0.1, -0.05) is 6.08 Å². The van der Waals surface area contributed by atoms with Crippen molar-refractivity contribution in [3.63, 3.8) is 0 Å². The van der Waals surface area contributed by atoms with Crippen molar-refractivity contribution in [3.8, 4) is 0 Å². The van der Waals surface area contributed by atoms with Crippen LogP contribution in [0.5, 0.6) is 0 Å². The number of sulfone groups is 1. The Labute approximate surface area is 68.0 Å². The minimum absolute atomic E-state index is 0.250. The van der Waals surface area contributed by atoms with E-state index in [4.69, 9.17) is 4.74 Å². The van der Waals surface area contributed by atoms with E-state index in [0.717, 1.165) is 6.26 Å². The molecular formula is C7H14O3S. The van der Waals surface area contributed by atoms with E-state index in [9.17, 15) is 8.42 Å². The average molecular weight is 178 g/mol. The third kappa shape index (κ3) is 3.03. The van der Waals surface area contributed by atoms with Gasteiger partial charge in [0, 0.05) is 6.26 Å². The molecule has 0 bridgehead atoms. The molecule has 0 rings (SSSR count). The first-order valence-corrected chi connectivity index (χ1v) is 5.15. The quantitative estimate of drug-likeness (QED) is 0.602. The third-order valence-corrected chi connectivity index (χ3v) is 3.35. The molecule has 0 N–H and O–H groups in total. The molecule has 0 aromatic rings. The predicted molar refractivity (Wildman–Crippen MR) is 45.1 cm³/mol. The molecule has 66 valence electrons.